The molecule has 0 saturated carbocycles. The van der Waals surface area contributed by atoms with Crippen LogP contribution in [0.1, 0.15) is 45.7 Å². The highest BCUT2D eigenvalue weighted by Crippen LogP contribution is 2.21. The quantitative estimate of drug-likeness (QED) is 0.746. The smallest absolute Gasteiger partial charge is 0.238 e. The number of primary sulfonamides is 1. The van der Waals surface area contributed by atoms with E-state index in [9.17, 15) is 13.5 Å². The Balaban J connectivity index is 2.66. The summed E-state index contributed by atoms with van der Waals surface area (Å²) in [7, 11) is -3.69. The van der Waals surface area contributed by atoms with Gasteiger partial charge in [0.05, 0.1) is 11.0 Å². The van der Waals surface area contributed by atoms with Crippen LogP contribution in [-0.4, -0.2) is 26.2 Å². The fraction of sp³-hybridized carbons (Fsp3) is 0.600. The summed E-state index contributed by atoms with van der Waals surface area (Å²) >= 11 is 0. The second-order valence-corrected chi connectivity index (χ2v) is 8.23. The molecule has 0 aliphatic carbocycles. The van der Waals surface area contributed by atoms with Crippen molar-refractivity contribution in [2.24, 2.45) is 10.6 Å². The van der Waals surface area contributed by atoms with Gasteiger partial charge in [-0.3, -0.25) is 0 Å². The first kappa shape index (κ1) is 18.1. The summed E-state index contributed by atoms with van der Waals surface area (Å²) in [5.41, 5.74) is 0.891. The molecule has 1 rings (SSSR count). The molecule has 2 atom stereocenters. The topological polar surface area (TPSA) is 92.4 Å². The highest BCUT2D eigenvalue weighted by atomic mass is 32.2. The van der Waals surface area contributed by atoms with Crippen LogP contribution in [0.3, 0.4) is 0 Å². The summed E-state index contributed by atoms with van der Waals surface area (Å²) < 4.78 is 22.7. The average molecular weight is 314 g/mol. The Morgan fingerprint density at radius 1 is 1.33 bits per heavy atom. The number of hydrogen-bond acceptors (Lipinski definition) is 4. The molecule has 0 bridgehead atoms. The van der Waals surface area contributed by atoms with E-state index < -0.39 is 16.1 Å². The summed E-state index contributed by atoms with van der Waals surface area (Å²) in [6, 6.07) is 6.46. The molecule has 0 fully saturated rings. The lowest BCUT2D eigenvalue weighted by Gasteiger charge is -2.24. The number of aliphatic hydroxyl groups excluding tert-OH is 1. The van der Waals surface area contributed by atoms with E-state index >= 15 is 0 Å². The molecule has 2 unspecified atom stereocenters. The molecule has 1 aromatic carbocycles. The highest BCUT2D eigenvalue weighted by molar-refractivity contribution is 7.89. The summed E-state index contributed by atoms with van der Waals surface area (Å²) in [6.45, 7) is 8.61. The molecular weight excluding hydrogens is 288 g/mol. The third-order valence-electron chi connectivity index (χ3n) is 3.19. The molecule has 6 heteroatoms. The van der Waals surface area contributed by atoms with Gasteiger partial charge in [0.25, 0.3) is 0 Å². The maximum Gasteiger partial charge on any atom is 0.238 e. The minimum Gasteiger partial charge on any atom is -0.392 e. The van der Waals surface area contributed by atoms with Crippen molar-refractivity contribution in [1.82, 2.24) is 5.32 Å². The van der Waals surface area contributed by atoms with E-state index in [1.54, 1.807) is 12.1 Å². The molecule has 0 spiro atoms. The number of nitrogens with one attached hydrogen (secondary N) is 1. The number of benzene rings is 1. The van der Waals surface area contributed by atoms with Crippen LogP contribution in [-0.2, 0) is 10.0 Å². The fourth-order valence-electron chi connectivity index (χ4n) is 2.17. The maximum atomic E-state index is 11.3. The van der Waals surface area contributed by atoms with Crippen LogP contribution in [0.4, 0.5) is 0 Å². The number of nitrogens with two attached hydrogens (primary N) is 1. The van der Waals surface area contributed by atoms with Crippen LogP contribution in [0.5, 0.6) is 0 Å². The second-order valence-electron chi connectivity index (χ2n) is 6.67. The van der Waals surface area contributed by atoms with Crippen molar-refractivity contribution in [3.63, 3.8) is 0 Å². The van der Waals surface area contributed by atoms with Gasteiger partial charge in [0.2, 0.25) is 10.0 Å². The molecule has 5 nitrogen and oxygen atoms in total. The van der Waals surface area contributed by atoms with E-state index in [0.717, 1.165) is 5.56 Å². The molecule has 0 saturated heterocycles. The summed E-state index contributed by atoms with van der Waals surface area (Å²) in [5.74, 6) is 0. The van der Waals surface area contributed by atoms with Crippen LogP contribution in [0, 0.1) is 5.41 Å². The predicted molar refractivity (Wildman–Crippen MR) is 84.3 cm³/mol. The number of sulfonamides is 1. The van der Waals surface area contributed by atoms with Gasteiger partial charge >= 0.3 is 0 Å². The van der Waals surface area contributed by atoms with Gasteiger partial charge in [0, 0.05) is 12.6 Å². The zero-order valence-corrected chi connectivity index (χ0v) is 13.9. The lowest BCUT2D eigenvalue weighted by molar-refractivity contribution is 0.117. The van der Waals surface area contributed by atoms with Crippen LogP contribution in [0.25, 0.3) is 0 Å². The number of rotatable bonds is 6. The molecule has 0 radical (unpaired) electrons. The Morgan fingerprint density at radius 3 is 2.48 bits per heavy atom. The van der Waals surface area contributed by atoms with Crippen molar-refractivity contribution >= 4 is 10.0 Å². The first-order valence-electron chi connectivity index (χ1n) is 7.03. The molecule has 21 heavy (non-hydrogen) atoms. The van der Waals surface area contributed by atoms with Crippen molar-refractivity contribution in [1.29, 1.82) is 0 Å². The van der Waals surface area contributed by atoms with Crippen molar-refractivity contribution in [2.45, 2.75) is 51.2 Å². The third-order valence-corrected chi connectivity index (χ3v) is 4.11. The average Bonchev–Trinajstić information content (AvgIpc) is 2.33. The third kappa shape index (κ3) is 6.56. The minimum absolute atomic E-state index is 0.0673. The van der Waals surface area contributed by atoms with Crippen LogP contribution in [0.15, 0.2) is 29.2 Å². The fourth-order valence-corrected chi connectivity index (χ4v) is 2.74. The van der Waals surface area contributed by atoms with Crippen molar-refractivity contribution in [3.05, 3.63) is 29.8 Å². The number of hydrogen-bond donors (Lipinski definition) is 3. The van der Waals surface area contributed by atoms with Gasteiger partial charge in [0.15, 0.2) is 0 Å². The first-order valence-corrected chi connectivity index (χ1v) is 8.58. The van der Waals surface area contributed by atoms with Gasteiger partial charge in [-0.05, 0) is 36.5 Å². The summed E-state index contributed by atoms with van der Waals surface area (Å²) in [6.07, 6.45) is 0.262. The maximum absolute atomic E-state index is 11.3. The standard InChI is InChI=1S/C15H26N2O3S/c1-11(17-10-13(18)9-15(2,3)4)12-6-5-7-14(8-12)21(16,19)20/h5-8,11,13,17-18H,9-10H2,1-4H3,(H2,16,19,20). The van der Waals surface area contributed by atoms with Crippen molar-refractivity contribution in [3.8, 4) is 0 Å². The zero-order chi connectivity index (χ0) is 16.3. The molecule has 0 heterocycles. The van der Waals surface area contributed by atoms with Gasteiger partial charge in [-0.25, -0.2) is 13.6 Å². The lowest BCUT2D eigenvalue weighted by atomic mass is 9.89. The van der Waals surface area contributed by atoms with Crippen LogP contribution >= 0.6 is 0 Å². The van der Waals surface area contributed by atoms with E-state index in [0.29, 0.717) is 13.0 Å². The highest BCUT2D eigenvalue weighted by Gasteiger charge is 2.18. The normalized spacial score (nSPS) is 15.7. The van der Waals surface area contributed by atoms with E-state index in [1.807, 2.05) is 13.0 Å². The predicted octanol–water partition coefficient (Wildman–Crippen LogP) is 1.78. The molecule has 0 aliphatic rings. The Bertz CT molecular complexity index is 565. The Morgan fingerprint density at radius 2 is 1.95 bits per heavy atom. The van der Waals surface area contributed by atoms with E-state index in [1.165, 1.54) is 6.07 Å². The van der Waals surface area contributed by atoms with Crippen molar-refractivity contribution in [2.75, 3.05) is 6.54 Å². The SMILES string of the molecule is CC(NCC(O)CC(C)(C)C)c1cccc(S(N)(=O)=O)c1. The van der Waals surface area contributed by atoms with Crippen LogP contribution in [0.2, 0.25) is 0 Å². The Hall–Kier alpha value is -0.950. The van der Waals surface area contributed by atoms with Crippen LogP contribution < -0.4 is 10.5 Å². The monoisotopic (exact) mass is 314 g/mol. The summed E-state index contributed by atoms with van der Waals surface area (Å²) in [4.78, 5) is 0.101. The van der Waals surface area contributed by atoms with Crippen molar-refractivity contribution < 1.29 is 13.5 Å². The van der Waals surface area contributed by atoms with Gasteiger partial charge in [-0.1, -0.05) is 32.9 Å². The van der Waals surface area contributed by atoms with E-state index in [4.69, 9.17) is 5.14 Å². The van der Waals surface area contributed by atoms with Gasteiger partial charge in [0.1, 0.15) is 0 Å². The lowest BCUT2D eigenvalue weighted by Crippen LogP contribution is -2.31. The molecule has 0 aromatic heterocycles. The first-order chi connectivity index (χ1) is 9.49. The Labute approximate surface area is 127 Å². The van der Waals surface area contributed by atoms with E-state index in [-0.39, 0.29) is 16.4 Å². The largest absolute Gasteiger partial charge is 0.392 e. The van der Waals surface area contributed by atoms with Gasteiger partial charge in [-0.15, -0.1) is 0 Å². The number of aliphatic hydroxyl groups is 1. The van der Waals surface area contributed by atoms with Gasteiger partial charge < -0.3 is 10.4 Å². The van der Waals surface area contributed by atoms with Gasteiger partial charge in [-0.2, -0.15) is 0 Å². The molecule has 120 valence electrons. The second kappa shape index (κ2) is 6.87. The molecule has 0 aliphatic heterocycles. The molecule has 4 N–H and O–H groups in total. The minimum atomic E-state index is -3.69. The molecular formula is C15H26N2O3S. The van der Waals surface area contributed by atoms with E-state index in [2.05, 4.69) is 26.1 Å². The zero-order valence-electron chi connectivity index (χ0n) is 13.1. The summed E-state index contributed by atoms with van der Waals surface area (Å²) in [5, 5.41) is 18.3. The molecule has 0 amide bonds. The Kier molecular flexibility index (Phi) is 5.92. The molecule has 1 aromatic rings.